The molecule has 0 aromatic carbocycles. The molecule has 0 atom stereocenters. The highest BCUT2D eigenvalue weighted by atomic mass is 32.1. The van der Waals surface area contributed by atoms with E-state index in [0.717, 1.165) is 5.69 Å². The summed E-state index contributed by atoms with van der Waals surface area (Å²) in [6.45, 7) is 2.18. The molecule has 2 heterocycles. The first-order valence-electron chi connectivity index (χ1n) is 4.92. The molecular formula is C10H11N5OS. The Hall–Kier alpha value is -2.02. The SMILES string of the molecule is Cc1cnc(CNC(=O)c2csc(N)n2)cn1. The third-order valence-corrected chi connectivity index (χ3v) is 2.69. The van der Waals surface area contributed by atoms with Crippen molar-refractivity contribution in [1.82, 2.24) is 20.3 Å². The average Bonchev–Trinajstić information content (AvgIpc) is 2.75. The van der Waals surface area contributed by atoms with E-state index in [9.17, 15) is 4.79 Å². The van der Waals surface area contributed by atoms with E-state index in [0.29, 0.717) is 23.1 Å². The van der Waals surface area contributed by atoms with E-state index in [-0.39, 0.29) is 5.91 Å². The van der Waals surface area contributed by atoms with E-state index < -0.39 is 0 Å². The first-order chi connectivity index (χ1) is 8.15. The second-order valence-corrected chi connectivity index (χ2v) is 4.29. The molecule has 0 fully saturated rings. The minimum absolute atomic E-state index is 0.264. The van der Waals surface area contributed by atoms with E-state index in [1.807, 2.05) is 6.92 Å². The van der Waals surface area contributed by atoms with Crippen LogP contribution < -0.4 is 11.1 Å². The quantitative estimate of drug-likeness (QED) is 0.837. The summed E-state index contributed by atoms with van der Waals surface area (Å²) in [5.41, 5.74) is 7.31. The minimum Gasteiger partial charge on any atom is -0.375 e. The lowest BCUT2D eigenvalue weighted by atomic mass is 10.4. The summed E-state index contributed by atoms with van der Waals surface area (Å²) in [4.78, 5) is 23.7. The van der Waals surface area contributed by atoms with Gasteiger partial charge in [0.2, 0.25) is 0 Å². The van der Waals surface area contributed by atoms with Crippen LogP contribution in [0, 0.1) is 6.92 Å². The van der Waals surface area contributed by atoms with Crippen LogP contribution >= 0.6 is 11.3 Å². The molecule has 7 heteroatoms. The van der Waals surface area contributed by atoms with E-state index in [4.69, 9.17) is 5.73 Å². The van der Waals surface area contributed by atoms with Gasteiger partial charge in [-0.3, -0.25) is 14.8 Å². The van der Waals surface area contributed by atoms with Gasteiger partial charge in [0.1, 0.15) is 5.69 Å². The molecule has 0 aliphatic rings. The molecule has 6 nitrogen and oxygen atoms in total. The second kappa shape index (κ2) is 4.88. The highest BCUT2D eigenvalue weighted by Crippen LogP contribution is 2.10. The molecule has 0 unspecified atom stereocenters. The zero-order chi connectivity index (χ0) is 12.3. The molecule has 3 N–H and O–H groups in total. The number of aromatic nitrogens is 3. The van der Waals surface area contributed by atoms with Gasteiger partial charge >= 0.3 is 0 Å². The number of anilines is 1. The molecule has 0 radical (unpaired) electrons. The summed E-state index contributed by atoms with van der Waals surface area (Å²) in [5, 5.41) is 4.69. The monoisotopic (exact) mass is 249 g/mol. The van der Waals surface area contributed by atoms with E-state index in [1.165, 1.54) is 11.3 Å². The standard InChI is InChI=1S/C10H11N5OS/c1-6-2-13-7(3-12-6)4-14-9(16)8-5-17-10(11)15-8/h2-3,5H,4H2,1H3,(H2,11,15)(H,14,16). The summed E-state index contributed by atoms with van der Waals surface area (Å²) < 4.78 is 0. The molecule has 88 valence electrons. The van der Waals surface area contributed by atoms with Crippen molar-refractivity contribution in [3.05, 3.63) is 34.9 Å². The van der Waals surface area contributed by atoms with Crippen LogP contribution in [0.4, 0.5) is 5.13 Å². The van der Waals surface area contributed by atoms with Crippen molar-refractivity contribution in [2.45, 2.75) is 13.5 Å². The Morgan fingerprint density at radius 3 is 2.88 bits per heavy atom. The second-order valence-electron chi connectivity index (χ2n) is 3.40. The predicted molar refractivity (Wildman–Crippen MR) is 64.5 cm³/mol. The van der Waals surface area contributed by atoms with Crippen molar-refractivity contribution in [2.75, 3.05) is 5.73 Å². The molecule has 0 saturated heterocycles. The van der Waals surface area contributed by atoms with Gasteiger partial charge in [-0.15, -0.1) is 11.3 Å². The van der Waals surface area contributed by atoms with Gasteiger partial charge in [0.05, 0.1) is 24.1 Å². The number of hydrogen-bond acceptors (Lipinski definition) is 6. The van der Waals surface area contributed by atoms with E-state index in [1.54, 1.807) is 17.8 Å². The first-order valence-corrected chi connectivity index (χ1v) is 5.80. The van der Waals surface area contributed by atoms with Crippen LogP contribution in [0.1, 0.15) is 21.9 Å². The van der Waals surface area contributed by atoms with Gasteiger partial charge in [-0.05, 0) is 6.92 Å². The summed E-state index contributed by atoms with van der Waals surface area (Å²) in [6, 6.07) is 0. The summed E-state index contributed by atoms with van der Waals surface area (Å²) >= 11 is 1.23. The van der Waals surface area contributed by atoms with Gasteiger partial charge in [0.25, 0.3) is 5.91 Å². The van der Waals surface area contributed by atoms with Crippen LogP contribution in [0.3, 0.4) is 0 Å². The Morgan fingerprint density at radius 2 is 2.29 bits per heavy atom. The molecule has 17 heavy (non-hydrogen) atoms. The number of rotatable bonds is 3. The maximum atomic E-state index is 11.6. The molecule has 0 spiro atoms. The zero-order valence-corrected chi connectivity index (χ0v) is 9.99. The Morgan fingerprint density at radius 1 is 1.47 bits per heavy atom. The number of carbonyl (C=O) groups is 1. The number of thiazole rings is 1. The maximum Gasteiger partial charge on any atom is 0.271 e. The van der Waals surface area contributed by atoms with Crippen LogP contribution in [-0.4, -0.2) is 20.9 Å². The maximum absolute atomic E-state index is 11.6. The van der Waals surface area contributed by atoms with Crippen molar-refractivity contribution in [3.8, 4) is 0 Å². The number of amides is 1. The van der Waals surface area contributed by atoms with Crippen molar-refractivity contribution >= 4 is 22.4 Å². The molecular weight excluding hydrogens is 238 g/mol. The Bertz CT molecular complexity index is 522. The van der Waals surface area contributed by atoms with Crippen LogP contribution in [0.5, 0.6) is 0 Å². The summed E-state index contributed by atoms with van der Waals surface area (Å²) in [5.74, 6) is -0.264. The first kappa shape index (κ1) is 11.5. The summed E-state index contributed by atoms with van der Waals surface area (Å²) in [7, 11) is 0. The van der Waals surface area contributed by atoms with Gasteiger partial charge in [-0.2, -0.15) is 0 Å². The number of aryl methyl sites for hydroxylation is 1. The van der Waals surface area contributed by atoms with Gasteiger partial charge in [0, 0.05) is 11.6 Å². The lowest BCUT2D eigenvalue weighted by Crippen LogP contribution is -2.23. The van der Waals surface area contributed by atoms with Gasteiger partial charge in [-0.1, -0.05) is 0 Å². The van der Waals surface area contributed by atoms with Crippen molar-refractivity contribution in [3.63, 3.8) is 0 Å². The summed E-state index contributed by atoms with van der Waals surface area (Å²) in [6.07, 6.45) is 3.29. The Balaban J connectivity index is 1.94. The molecule has 0 aliphatic heterocycles. The van der Waals surface area contributed by atoms with Gasteiger partial charge in [0.15, 0.2) is 5.13 Å². The lowest BCUT2D eigenvalue weighted by Gasteiger charge is -2.02. The third-order valence-electron chi connectivity index (χ3n) is 2.02. The molecule has 1 amide bonds. The van der Waals surface area contributed by atoms with Crippen LogP contribution in [0.15, 0.2) is 17.8 Å². The van der Waals surface area contributed by atoms with Crippen LogP contribution in [-0.2, 0) is 6.54 Å². The fourth-order valence-electron chi connectivity index (χ4n) is 1.16. The van der Waals surface area contributed by atoms with Gasteiger partial charge in [-0.25, -0.2) is 4.98 Å². The minimum atomic E-state index is -0.264. The fraction of sp³-hybridized carbons (Fsp3) is 0.200. The number of nitrogens with zero attached hydrogens (tertiary/aromatic N) is 3. The topological polar surface area (TPSA) is 93.8 Å². The number of carbonyl (C=O) groups excluding carboxylic acids is 1. The largest absolute Gasteiger partial charge is 0.375 e. The third kappa shape index (κ3) is 2.97. The zero-order valence-electron chi connectivity index (χ0n) is 9.17. The Labute approximate surface area is 102 Å². The molecule has 2 aromatic heterocycles. The smallest absolute Gasteiger partial charge is 0.271 e. The molecule has 2 rings (SSSR count). The number of hydrogen-bond donors (Lipinski definition) is 2. The van der Waals surface area contributed by atoms with E-state index in [2.05, 4.69) is 20.3 Å². The fourth-order valence-corrected chi connectivity index (χ4v) is 1.71. The normalized spacial score (nSPS) is 10.2. The Kier molecular flexibility index (Phi) is 3.29. The number of nitrogens with one attached hydrogen (secondary N) is 1. The van der Waals surface area contributed by atoms with Crippen LogP contribution in [0.25, 0.3) is 0 Å². The van der Waals surface area contributed by atoms with Gasteiger partial charge < -0.3 is 11.1 Å². The molecule has 0 saturated carbocycles. The van der Waals surface area contributed by atoms with Crippen LogP contribution in [0.2, 0.25) is 0 Å². The average molecular weight is 249 g/mol. The highest BCUT2D eigenvalue weighted by molar-refractivity contribution is 7.13. The molecule has 0 aliphatic carbocycles. The molecule has 2 aromatic rings. The number of nitrogen functional groups attached to an aromatic ring is 1. The van der Waals surface area contributed by atoms with Crippen molar-refractivity contribution in [1.29, 1.82) is 0 Å². The van der Waals surface area contributed by atoms with Crippen molar-refractivity contribution < 1.29 is 4.79 Å². The number of nitrogens with two attached hydrogens (primary N) is 1. The lowest BCUT2D eigenvalue weighted by molar-refractivity contribution is 0.0946. The van der Waals surface area contributed by atoms with E-state index >= 15 is 0 Å². The highest BCUT2D eigenvalue weighted by Gasteiger charge is 2.09. The molecule has 0 bridgehead atoms. The van der Waals surface area contributed by atoms with Crippen molar-refractivity contribution in [2.24, 2.45) is 0 Å². The predicted octanol–water partition coefficient (Wildman–Crippen LogP) is 0.754.